The highest BCUT2D eigenvalue weighted by molar-refractivity contribution is 6.05. The fourth-order valence-corrected chi connectivity index (χ4v) is 7.45. The Bertz CT molecular complexity index is 1770. The van der Waals surface area contributed by atoms with Crippen LogP contribution in [0.25, 0.3) is 10.9 Å². The van der Waals surface area contributed by atoms with Crippen LogP contribution in [-0.4, -0.2) is 62.8 Å². The Labute approximate surface area is 249 Å². The summed E-state index contributed by atoms with van der Waals surface area (Å²) in [5.41, 5.74) is 6.36. The first kappa shape index (κ1) is 26.2. The first-order valence-electron chi connectivity index (χ1n) is 15.1. The summed E-state index contributed by atoms with van der Waals surface area (Å²) < 4.78 is 8.65. The maximum atomic E-state index is 13.3. The van der Waals surface area contributed by atoms with Gasteiger partial charge in [0, 0.05) is 65.7 Å². The fourth-order valence-electron chi connectivity index (χ4n) is 7.45. The minimum Gasteiger partial charge on any atom is -0.492 e. The lowest BCUT2D eigenvalue weighted by Gasteiger charge is -2.38. The van der Waals surface area contributed by atoms with Crippen LogP contribution in [0, 0.1) is 0 Å². The highest BCUT2D eigenvalue weighted by Gasteiger charge is 2.47. The molecule has 4 aromatic rings. The number of imide groups is 1. The first-order valence-corrected chi connectivity index (χ1v) is 15.1. The second kappa shape index (κ2) is 10.1. The number of ether oxygens (including phenoxy) is 1. The van der Waals surface area contributed by atoms with Gasteiger partial charge in [0.15, 0.2) is 0 Å². The van der Waals surface area contributed by atoms with Crippen LogP contribution in [0.3, 0.4) is 0 Å². The predicted octanol–water partition coefficient (Wildman–Crippen LogP) is 3.77. The van der Waals surface area contributed by atoms with E-state index in [-0.39, 0.29) is 29.6 Å². The van der Waals surface area contributed by atoms with E-state index >= 15 is 0 Å². The number of nitrogens with one attached hydrogen (secondary N) is 1. The third-order valence-electron chi connectivity index (χ3n) is 9.86. The monoisotopic (exact) mass is 575 g/mol. The number of likely N-dealkylation sites (tertiary alicyclic amines) is 1. The number of piperidine rings is 2. The van der Waals surface area contributed by atoms with Crippen molar-refractivity contribution in [2.45, 2.75) is 56.8 Å². The van der Waals surface area contributed by atoms with E-state index in [9.17, 15) is 14.4 Å². The molecule has 2 fully saturated rings. The van der Waals surface area contributed by atoms with Crippen LogP contribution >= 0.6 is 0 Å². The molecule has 0 radical (unpaired) electrons. The van der Waals surface area contributed by atoms with E-state index in [1.807, 2.05) is 18.3 Å². The van der Waals surface area contributed by atoms with Crippen molar-refractivity contribution in [2.75, 3.05) is 19.7 Å². The van der Waals surface area contributed by atoms with E-state index in [0.717, 1.165) is 50.3 Å². The van der Waals surface area contributed by atoms with Gasteiger partial charge in [0.2, 0.25) is 11.8 Å². The minimum absolute atomic E-state index is 0.0612. The Hall–Kier alpha value is -4.50. The molecule has 4 aliphatic heterocycles. The van der Waals surface area contributed by atoms with Crippen molar-refractivity contribution in [3.05, 3.63) is 94.9 Å². The lowest BCUT2D eigenvalue weighted by Crippen LogP contribution is -2.52. The zero-order valence-corrected chi connectivity index (χ0v) is 23.9. The van der Waals surface area contributed by atoms with Crippen molar-refractivity contribution < 1.29 is 19.1 Å². The standard InChI is InChI=1S/C34H33N5O4/c40-30-8-7-28(32(41)36-30)39-20-26-25(33(39)42)5-6-27-31(26)43-21-34(27)10-14-37(15-11-34)18-22-3-4-24-9-13-38(29(24)16-22)19-23-2-1-12-35-17-23/h1-6,9,12-13,16-17,28H,7-8,10-11,14-15,18-21H2,(H,36,40,41). The van der Waals surface area contributed by atoms with E-state index in [0.29, 0.717) is 25.1 Å². The molecular weight excluding hydrogens is 542 g/mol. The number of nitrogens with zero attached hydrogens (tertiary/aromatic N) is 4. The quantitative estimate of drug-likeness (QED) is 0.364. The number of pyridine rings is 1. The van der Waals surface area contributed by atoms with Crippen LogP contribution in [0.15, 0.2) is 67.1 Å². The molecule has 4 aliphatic rings. The molecule has 9 nitrogen and oxygen atoms in total. The number of amides is 3. The molecule has 2 aromatic carbocycles. The van der Waals surface area contributed by atoms with Crippen LogP contribution in [0.5, 0.6) is 5.75 Å². The van der Waals surface area contributed by atoms with E-state index in [1.165, 1.54) is 27.6 Å². The number of carbonyl (C=O) groups excluding carboxylic acids is 3. The molecule has 9 heteroatoms. The van der Waals surface area contributed by atoms with E-state index in [4.69, 9.17) is 4.74 Å². The molecule has 0 bridgehead atoms. The van der Waals surface area contributed by atoms with E-state index in [1.54, 1.807) is 11.1 Å². The molecule has 1 N–H and O–H groups in total. The normalized spacial score (nSPS) is 21.3. The van der Waals surface area contributed by atoms with Gasteiger partial charge in [-0.25, -0.2) is 0 Å². The van der Waals surface area contributed by atoms with Gasteiger partial charge in [-0.1, -0.05) is 24.3 Å². The Morgan fingerprint density at radius 1 is 1.00 bits per heavy atom. The molecule has 1 unspecified atom stereocenters. The summed E-state index contributed by atoms with van der Waals surface area (Å²) in [7, 11) is 0. The minimum atomic E-state index is -0.621. The van der Waals surface area contributed by atoms with Crippen molar-refractivity contribution in [3.8, 4) is 5.75 Å². The van der Waals surface area contributed by atoms with Crippen LogP contribution in [-0.2, 0) is 34.6 Å². The third kappa shape index (κ3) is 4.41. The summed E-state index contributed by atoms with van der Waals surface area (Å²) >= 11 is 0. The van der Waals surface area contributed by atoms with Gasteiger partial charge >= 0.3 is 0 Å². The molecule has 1 spiro atoms. The molecule has 3 amide bonds. The van der Waals surface area contributed by atoms with Crippen LogP contribution < -0.4 is 10.1 Å². The Morgan fingerprint density at radius 2 is 1.88 bits per heavy atom. The molecule has 0 aliphatic carbocycles. The van der Waals surface area contributed by atoms with E-state index in [2.05, 4.69) is 62.4 Å². The lowest BCUT2D eigenvalue weighted by atomic mass is 9.74. The largest absolute Gasteiger partial charge is 0.492 e. The first-order chi connectivity index (χ1) is 21.0. The van der Waals surface area contributed by atoms with Crippen molar-refractivity contribution >= 4 is 28.6 Å². The van der Waals surface area contributed by atoms with Crippen molar-refractivity contribution in [1.29, 1.82) is 0 Å². The lowest BCUT2D eigenvalue weighted by molar-refractivity contribution is -0.136. The maximum Gasteiger partial charge on any atom is 0.255 e. The zero-order chi connectivity index (χ0) is 29.1. The van der Waals surface area contributed by atoms with Crippen LogP contribution in [0.2, 0.25) is 0 Å². The Kier molecular flexibility index (Phi) is 6.11. The van der Waals surface area contributed by atoms with Gasteiger partial charge in [-0.05, 0) is 73.1 Å². The smallest absolute Gasteiger partial charge is 0.255 e. The van der Waals surface area contributed by atoms with E-state index < -0.39 is 6.04 Å². The molecule has 1 atom stereocenters. The summed E-state index contributed by atoms with van der Waals surface area (Å²) in [6.07, 6.45) is 8.46. The van der Waals surface area contributed by atoms with Gasteiger partial charge in [-0.15, -0.1) is 0 Å². The number of fused-ring (bicyclic) bond motifs is 5. The number of hydrogen-bond donors (Lipinski definition) is 1. The highest BCUT2D eigenvalue weighted by atomic mass is 16.5. The number of benzene rings is 2. The van der Waals surface area contributed by atoms with Crippen molar-refractivity contribution in [1.82, 2.24) is 24.7 Å². The number of carbonyl (C=O) groups is 3. The highest BCUT2D eigenvalue weighted by Crippen LogP contribution is 2.49. The fraction of sp³-hybridized carbons (Fsp3) is 0.353. The van der Waals surface area contributed by atoms with Crippen molar-refractivity contribution in [3.63, 3.8) is 0 Å². The predicted molar refractivity (Wildman–Crippen MR) is 159 cm³/mol. The SMILES string of the molecule is O=C1CCC(N2Cc3c(ccc4c3OCC43CCN(Cc4ccc5ccn(Cc6cccnc6)c5c4)CC3)C2=O)C(=O)N1. The molecular formula is C34H33N5O4. The Morgan fingerprint density at radius 3 is 2.70 bits per heavy atom. The molecule has 218 valence electrons. The van der Waals surface area contributed by atoms with Crippen molar-refractivity contribution in [2.24, 2.45) is 0 Å². The van der Waals surface area contributed by atoms with Gasteiger partial charge in [0.25, 0.3) is 5.91 Å². The maximum absolute atomic E-state index is 13.3. The third-order valence-corrected chi connectivity index (χ3v) is 9.86. The van der Waals surface area contributed by atoms with Crippen LogP contribution in [0.4, 0.5) is 0 Å². The van der Waals surface area contributed by atoms with Gasteiger partial charge in [0.05, 0.1) is 13.2 Å². The van der Waals surface area contributed by atoms with Gasteiger partial charge in [-0.3, -0.25) is 29.6 Å². The summed E-state index contributed by atoms with van der Waals surface area (Å²) in [5, 5.41) is 3.63. The van der Waals surface area contributed by atoms with Gasteiger partial charge in [0.1, 0.15) is 11.8 Å². The second-order valence-electron chi connectivity index (χ2n) is 12.4. The van der Waals surface area contributed by atoms with Crippen LogP contribution in [0.1, 0.15) is 58.3 Å². The second-order valence-corrected chi connectivity index (χ2v) is 12.4. The zero-order valence-electron chi connectivity index (χ0n) is 23.9. The van der Waals surface area contributed by atoms with Gasteiger partial charge < -0.3 is 14.2 Å². The molecule has 2 saturated heterocycles. The average molecular weight is 576 g/mol. The number of aromatic nitrogens is 2. The Balaban J connectivity index is 0.964. The molecule has 2 aromatic heterocycles. The summed E-state index contributed by atoms with van der Waals surface area (Å²) in [5.74, 6) is 0.00249. The number of hydrogen-bond acceptors (Lipinski definition) is 6. The molecule has 43 heavy (non-hydrogen) atoms. The summed E-state index contributed by atoms with van der Waals surface area (Å²) in [6.45, 7) is 4.60. The summed E-state index contributed by atoms with van der Waals surface area (Å²) in [6, 6.07) is 16.4. The molecule has 8 rings (SSSR count). The molecule has 6 heterocycles. The molecule has 0 saturated carbocycles. The topological polar surface area (TPSA) is 96.8 Å². The summed E-state index contributed by atoms with van der Waals surface area (Å²) in [4.78, 5) is 45.8. The number of rotatable bonds is 5. The average Bonchev–Trinajstić information content (AvgIpc) is 3.69. The van der Waals surface area contributed by atoms with Gasteiger partial charge in [-0.2, -0.15) is 0 Å².